The van der Waals surface area contributed by atoms with E-state index in [-0.39, 0.29) is 0 Å². The Balaban J connectivity index is 1.92. The van der Waals surface area contributed by atoms with Gasteiger partial charge < -0.3 is 14.6 Å². The van der Waals surface area contributed by atoms with E-state index in [2.05, 4.69) is 46.2 Å². The van der Waals surface area contributed by atoms with Crippen LogP contribution in [0.1, 0.15) is 5.56 Å². The van der Waals surface area contributed by atoms with Crippen LogP contribution in [0.3, 0.4) is 0 Å². The van der Waals surface area contributed by atoms with E-state index in [1.807, 2.05) is 0 Å². The number of ether oxygens (including phenoxy) is 1. The molecule has 0 unspecified atom stereocenters. The summed E-state index contributed by atoms with van der Waals surface area (Å²) in [5.41, 5.74) is 2.57. The van der Waals surface area contributed by atoms with Gasteiger partial charge in [0.1, 0.15) is 5.75 Å². The lowest BCUT2D eigenvalue weighted by Crippen LogP contribution is -2.42. The molecule has 0 bridgehead atoms. The average Bonchev–Trinajstić information content (AvgIpc) is 2.81. The summed E-state index contributed by atoms with van der Waals surface area (Å²) in [6.45, 7) is 5.41. The third-order valence-electron chi connectivity index (χ3n) is 3.86. The highest BCUT2D eigenvalue weighted by atomic mass is 16.5. The van der Waals surface area contributed by atoms with Gasteiger partial charge in [-0.25, -0.2) is 0 Å². The number of fused-ring (bicyclic) bond motifs is 1. The first-order valence-corrected chi connectivity index (χ1v) is 6.83. The minimum Gasteiger partial charge on any atom is -0.496 e. The summed E-state index contributed by atoms with van der Waals surface area (Å²) in [4.78, 5) is 2.49. The maximum atomic E-state index is 5.53. The van der Waals surface area contributed by atoms with E-state index in [9.17, 15) is 0 Å². The predicted molar refractivity (Wildman–Crippen MR) is 77.6 cm³/mol. The second-order valence-corrected chi connectivity index (χ2v) is 5.18. The van der Waals surface area contributed by atoms with Gasteiger partial charge in [-0.05, 0) is 23.8 Å². The maximum Gasteiger partial charge on any atom is 0.128 e. The first kappa shape index (κ1) is 12.5. The number of aromatic nitrogens is 1. The Morgan fingerprint density at radius 2 is 2.05 bits per heavy atom. The Bertz CT molecular complexity index is 570. The Hall–Kier alpha value is -1.52. The van der Waals surface area contributed by atoms with Gasteiger partial charge in [-0.2, -0.15) is 0 Å². The predicted octanol–water partition coefficient (Wildman–Crippen LogP) is 1.59. The number of methoxy groups -OCH3 is 1. The van der Waals surface area contributed by atoms with Crippen molar-refractivity contribution in [3.05, 3.63) is 30.0 Å². The Morgan fingerprint density at radius 1 is 1.26 bits per heavy atom. The number of nitrogens with zero attached hydrogens (tertiary/aromatic N) is 2. The molecule has 0 radical (unpaired) electrons. The van der Waals surface area contributed by atoms with E-state index in [0.29, 0.717) is 0 Å². The van der Waals surface area contributed by atoms with Crippen LogP contribution in [0.5, 0.6) is 5.75 Å². The van der Waals surface area contributed by atoms with Gasteiger partial charge in [0, 0.05) is 51.4 Å². The van der Waals surface area contributed by atoms with Crippen LogP contribution in [-0.4, -0.2) is 42.8 Å². The Morgan fingerprint density at radius 3 is 2.79 bits per heavy atom. The lowest BCUT2D eigenvalue weighted by atomic mass is 10.1. The van der Waals surface area contributed by atoms with Gasteiger partial charge in [-0.3, -0.25) is 4.90 Å². The number of hydrogen-bond donors (Lipinski definition) is 1. The van der Waals surface area contributed by atoms with Crippen LogP contribution in [0.4, 0.5) is 0 Å². The molecular formula is C15H21N3O. The minimum atomic E-state index is 0.975. The van der Waals surface area contributed by atoms with Crippen molar-refractivity contribution in [2.24, 2.45) is 7.05 Å². The fourth-order valence-corrected chi connectivity index (χ4v) is 2.78. The summed E-state index contributed by atoms with van der Waals surface area (Å²) >= 11 is 0. The standard InChI is InChI=1S/C15H21N3O/c1-17-6-3-13-14(17)9-12(10-15(13)19-2)11-18-7-4-16-5-8-18/h3,6,9-10,16H,4-5,7-8,11H2,1-2H3. The maximum absolute atomic E-state index is 5.53. The first-order valence-electron chi connectivity index (χ1n) is 6.83. The van der Waals surface area contributed by atoms with Gasteiger partial charge in [0.25, 0.3) is 0 Å². The summed E-state index contributed by atoms with van der Waals surface area (Å²) in [7, 11) is 3.83. The molecule has 1 aliphatic rings. The lowest BCUT2D eigenvalue weighted by Gasteiger charge is -2.27. The molecule has 2 aromatic rings. The zero-order valence-electron chi connectivity index (χ0n) is 11.6. The van der Waals surface area contributed by atoms with Crippen LogP contribution in [-0.2, 0) is 13.6 Å². The SMILES string of the molecule is COc1cc(CN2CCNCC2)cc2c1ccn2C. The number of hydrogen-bond acceptors (Lipinski definition) is 3. The van der Waals surface area contributed by atoms with Gasteiger partial charge in [0.2, 0.25) is 0 Å². The highest BCUT2D eigenvalue weighted by molar-refractivity contribution is 5.87. The topological polar surface area (TPSA) is 29.4 Å². The van der Waals surface area contributed by atoms with E-state index >= 15 is 0 Å². The summed E-state index contributed by atoms with van der Waals surface area (Å²) in [6.07, 6.45) is 2.09. The molecular weight excluding hydrogens is 238 g/mol. The fraction of sp³-hybridized carbons (Fsp3) is 0.467. The van der Waals surface area contributed by atoms with Crippen molar-refractivity contribution in [2.45, 2.75) is 6.54 Å². The van der Waals surface area contributed by atoms with Crippen LogP contribution in [0.2, 0.25) is 0 Å². The summed E-state index contributed by atoms with van der Waals surface area (Å²) < 4.78 is 7.68. The molecule has 0 aliphatic carbocycles. The highest BCUT2D eigenvalue weighted by Gasteiger charge is 2.12. The first-order chi connectivity index (χ1) is 9.28. The van der Waals surface area contributed by atoms with E-state index in [4.69, 9.17) is 4.74 Å². The van der Waals surface area contributed by atoms with E-state index in [0.717, 1.165) is 38.5 Å². The second kappa shape index (κ2) is 5.23. The molecule has 0 spiro atoms. The summed E-state index contributed by atoms with van der Waals surface area (Å²) in [6, 6.07) is 6.56. The van der Waals surface area contributed by atoms with Crippen molar-refractivity contribution in [1.29, 1.82) is 0 Å². The van der Waals surface area contributed by atoms with Crippen molar-refractivity contribution < 1.29 is 4.74 Å². The molecule has 1 fully saturated rings. The highest BCUT2D eigenvalue weighted by Crippen LogP contribution is 2.28. The smallest absolute Gasteiger partial charge is 0.128 e. The van der Waals surface area contributed by atoms with Crippen LogP contribution in [0.15, 0.2) is 24.4 Å². The van der Waals surface area contributed by atoms with Gasteiger partial charge in [0.05, 0.1) is 12.6 Å². The van der Waals surface area contributed by atoms with E-state index in [1.165, 1.54) is 16.5 Å². The molecule has 1 aromatic heterocycles. The van der Waals surface area contributed by atoms with Crippen molar-refractivity contribution in [1.82, 2.24) is 14.8 Å². The van der Waals surface area contributed by atoms with Crippen molar-refractivity contribution in [3.63, 3.8) is 0 Å². The van der Waals surface area contributed by atoms with Crippen LogP contribution in [0, 0.1) is 0 Å². The van der Waals surface area contributed by atoms with Gasteiger partial charge in [-0.1, -0.05) is 0 Å². The molecule has 0 atom stereocenters. The minimum absolute atomic E-state index is 0.975. The fourth-order valence-electron chi connectivity index (χ4n) is 2.78. The molecule has 3 rings (SSSR count). The number of benzene rings is 1. The lowest BCUT2D eigenvalue weighted by molar-refractivity contribution is 0.233. The van der Waals surface area contributed by atoms with Crippen molar-refractivity contribution in [2.75, 3.05) is 33.3 Å². The molecule has 102 valence electrons. The van der Waals surface area contributed by atoms with Gasteiger partial charge >= 0.3 is 0 Å². The van der Waals surface area contributed by atoms with Crippen LogP contribution in [0.25, 0.3) is 10.9 Å². The molecule has 1 saturated heterocycles. The molecule has 0 saturated carbocycles. The van der Waals surface area contributed by atoms with Crippen LogP contribution >= 0.6 is 0 Å². The van der Waals surface area contributed by atoms with E-state index in [1.54, 1.807) is 7.11 Å². The molecule has 2 heterocycles. The third-order valence-corrected chi connectivity index (χ3v) is 3.86. The van der Waals surface area contributed by atoms with Crippen molar-refractivity contribution in [3.8, 4) is 5.75 Å². The molecule has 4 nitrogen and oxygen atoms in total. The van der Waals surface area contributed by atoms with Gasteiger partial charge in [-0.15, -0.1) is 0 Å². The van der Waals surface area contributed by atoms with E-state index < -0.39 is 0 Å². The monoisotopic (exact) mass is 259 g/mol. The molecule has 19 heavy (non-hydrogen) atoms. The summed E-state index contributed by atoms with van der Waals surface area (Å²) in [5.74, 6) is 0.975. The number of rotatable bonds is 3. The summed E-state index contributed by atoms with van der Waals surface area (Å²) in [5, 5.41) is 4.58. The number of nitrogens with one attached hydrogen (secondary N) is 1. The largest absolute Gasteiger partial charge is 0.496 e. The molecule has 1 aliphatic heterocycles. The second-order valence-electron chi connectivity index (χ2n) is 5.18. The molecule has 1 N–H and O–H groups in total. The van der Waals surface area contributed by atoms with Gasteiger partial charge in [0.15, 0.2) is 0 Å². The zero-order chi connectivity index (χ0) is 13.2. The quantitative estimate of drug-likeness (QED) is 0.908. The Labute approximate surface area is 114 Å². The third kappa shape index (κ3) is 2.46. The molecule has 0 amide bonds. The van der Waals surface area contributed by atoms with Crippen LogP contribution < -0.4 is 10.1 Å². The Kier molecular flexibility index (Phi) is 3.44. The molecule has 4 heteroatoms. The number of aryl methyl sites for hydroxylation is 1. The zero-order valence-corrected chi connectivity index (χ0v) is 11.6. The van der Waals surface area contributed by atoms with Crippen molar-refractivity contribution >= 4 is 10.9 Å². The molecule has 1 aromatic carbocycles. The average molecular weight is 259 g/mol. The normalized spacial score (nSPS) is 16.9. The number of piperazine rings is 1.